The second-order valence-corrected chi connectivity index (χ2v) is 5.64. The van der Waals surface area contributed by atoms with Crippen molar-refractivity contribution in [1.29, 1.82) is 5.26 Å². The van der Waals surface area contributed by atoms with E-state index in [9.17, 15) is 0 Å². The van der Waals surface area contributed by atoms with Crippen LogP contribution >= 0.6 is 27.7 Å². The molecular weight excluding hydrogens is 270 g/mol. The Balaban J connectivity index is 2.68. The van der Waals surface area contributed by atoms with Crippen LogP contribution in [0.5, 0.6) is 0 Å². The monoisotopic (exact) mass is 283 g/mol. The van der Waals surface area contributed by atoms with Crippen LogP contribution in [0.1, 0.15) is 20.3 Å². The van der Waals surface area contributed by atoms with Crippen molar-refractivity contribution in [3.05, 3.63) is 28.7 Å². The molecule has 1 nitrogen and oxygen atoms in total. The minimum atomic E-state index is 0.0520. The third-order valence-electron chi connectivity index (χ3n) is 2.36. The summed E-state index contributed by atoms with van der Waals surface area (Å²) >= 11 is 5.05. The fraction of sp³-hybridized carbons (Fsp3) is 0.417. The van der Waals surface area contributed by atoms with Crippen molar-refractivity contribution in [3.63, 3.8) is 0 Å². The quantitative estimate of drug-likeness (QED) is 0.761. The summed E-state index contributed by atoms with van der Waals surface area (Å²) < 4.78 is 1.07. The molecule has 0 saturated carbocycles. The number of halogens is 1. The van der Waals surface area contributed by atoms with Crippen LogP contribution in [-0.2, 0) is 0 Å². The molecule has 2 unspecified atom stereocenters. The zero-order valence-electron chi connectivity index (χ0n) is 8.90. The first-order valence-electron chi connectivity index (χ1n) is 4.99. The molecule has 1 rings (SSSR count). The highest BCUT2D eigenvalue weighted by atomic mass is 79.9. The molecule has 0 N–H and O–H groups in total. The average Bonchev–Trinajstić information content (AvgIpc) is 2.27. The van der Waals surface area contributed by atoms with Crippen LogP contribution in [0.25, 0.3) is 0 Å². The van der Waals surface area contributed by atoms with Gasteiger partial charge in [0.15, 0.2) is 0 Å². The Bertz CT molecular complexity index is 342. The lowest BCUT2D eigenvalue weighted by molar-refractivity contribution is 0.589. The minimum absolute atomic E-state index is 0.0520. The molecule has 0 spiro atoms. The molecule has 0 radical (unpaired) electrons. The molecule has 1 aromatic rings. The van der Waals surface area contributed by atoms with E-state index >= 15 is 0 Å². The van der Waals surface area contributed by atoms with Crippen LogP contribution < -0.4 is 0 Å². The number of rotatable bonds is 4. The Morgan fingerprint density at radius 3 is 2.47 bits per heavy atom. The number of hydrogen-bond donors (Lipinski definition) is 0. The van der Waals surface area contributed by atoms with Gasteiger partial charge in [-0.15, -0.1) is 11.8 Å². The SMILES string of the molecule is CCC(C)C(C#N)Sc1ccc(Br)cc1. The minimum Gasteiger partial charge on any atom is -0.197 e. The average molecular weight is 284 g/mol. The summed E-state index contributed by atoms with van der Waals surface area (Å²) in [6.45, 7) is 4.25. The van der Waals surface area contributed by atoms with Gasteiger partial charge in [0.05, 0.1) is 11.3 Å². The molecule has 0 aliphatic heterocycles. The molecule has 1 aromatic carbocycles. The summed E-state index contributed by atoms with van der Waals surface area (Å²) in [5.41, 5.74) is 0. The maximum atomic E-state index is 9.06. The van der Waals surface area contributed by atoms with Crippen molar-refractivity contribution in [1.82, 2.24) is 0 Å². The predicted octanol–water partition coefficient (Wildman–Crippen LogP) is 4.48. The van der Waals surface area contributed by atoms with Gasteiger partial charge in [-0.3, -0.25) is 0 Å². The number of nitriles is 1. The zero-order chi connectivity index (χ0) is 11.3. The highest BCUT2D eigenvalue weighted by Gasteiger charge is 2.16. The predicted molar refractivity (Wildman–Crippen MR) is 68.9 cm³/mol. The van der Waals surface area contributed by atoms with E-state index in [1.807, 2.05) is 24.3 Å². The maximum Gasteiger partial charge on any atom is 0.0988 e. The maximum absolute atomic E-state index is 9.06. The third-order valence-corrected chi connectivity index (χ3v) is 4.26. The zero-order valence-corrected chi connectivity index (χ0v) is 11.3. The van der Waals surface area contributed by atoms with Crippen molar-refractivity contribution in [2.75, 3.05) is 0 Å². The largest absolute Gasteiger partial charge is 0.197 e. The standard InChI is InChI=1S/C12H14BrNS/c1-3-9(2)12(8-14)15-11-6-4-10(13)5-7-11/h4-7,9,12H,3H2,1-2H3. The second kappa shape index (κ2) is 6.19. The first-order valence-corrected chi connectivity index (χ1v) is 6.66. The van der Waals surface area contributed by atoms with Gasteiger partial charge < -0.3 is 0 Å². The number of thioether (sulfide) groups is 1. The first kappa shape index (κ1) is 12.6. The highest BCUT2D eigenvalue weighted by molar-refractivity contribution is 9.10. The van der Waals surface area contributed by atoms with Gasteiger partial charge in [-0.2, -0.15) is 5.26 Å². The first-order chi connectivity index (χ1) is 7.17. The van der Waals surface area contributed by atoms with Crippen molar-refractivity contribution in [2.24, 2.45) is 5.92 Å². The molecule has 80 valence electrons. The van der Waals surface area contributed by atoms with Gasteiger partial charge in [0, 0.05) is 9.37 Å². The Hall–Kier alpha value is -0.460. The second-order valence-electron chi connectivity index (χ2n) is 3.51. The van der Waals surface area contributed by atoms with Crippen LogP contribution in [0, 0.1) is 17.2 Å². The fourth-order valence-electron chi connectivity index (χ4n) is 1.14. The van der Waals surface area contributed by atoms with Crippen molar-refractivity contribution in [3.8, 4) is 6.07 Å². The van der Waals surface area contributed by atoms with Crippen molar-refractivity contribution >= 4 is 27.7 Å². The Kier molecular flexibility index (Phi) is 5.21. The van der Waals surface area contributed by atoms with Crippen LogP contribution in [-0.4, -0.2) is 5.25 Å². The number of nitrogens with zero attached hydrogens (tertiary/aromatic N) is 1. The van der Waals surface area contributed by atoms with E-state index in [0.717, 1.165) is 15.8 Å². The summed E-state index contributed by atoms with van der Waals surface area (Å²) in [6, 6.07) is 10.5. The number of hydrogen-bond acceptors (Lipinski definition) is 2. The molecule has 0 heterocycles. The molecule has 15 heavy (non-hydrogen) atoms. The van der Waals surface area contributed by atoms with Gasteiger partial charge in [0.1, 0.15) is 0 Å². The normalized spacial score (nSPS) is 14.3. The van der Waals surface area contributed by atoms with Crippen molar-refractivity contribution in [2.45, 2.75) is 30.4 Å². The molecular formula is C12H14BrNS. The van der Waals surface area contributed by atoms with Crippen LogP contribution in [0.3, 0.4) is 0 Å². The summed E-state index contributed by atoms with van der Waals surface area (Å²) in [6.07, 6.45) is 1.04. The molecule has 0 aliphatic carbocycles. The van der Waals surface area contributed by atoms with Gasteiger partial charge in [-0.1, -0.05) is 36.2 Å². The smallest absolute Gasteiger partial charge is 0.0988 e. The summed E-state index contributed by atoms with van der Waals surface area (Å²) in [5.74, 6) is 0.434. The summed E-state index contributed by atoms with van der Waals surface area (Å²) in [4.78, 5) is 1.16. The lowest BCUT2D eigenvalue weighted by Gasteiger charge is -2.14. The van der Waals surface area contributed by atoms with Gasteiger partial charge >= 0.3 is 0 Å². The molecule has 0 amide bonds. The van der Waals surface area contributed by atoms with Gasteiger partial charge in [0.2, 0.25) is 0 Å². The molecule has 0 aromatic heterocycles. The highest BCUT2D eigenvalue weighted by Crippen LogP contribution is 2.29. The molecule has 3 heteroatoms. The Labute approximate surface area is 104 Å². The molecule has 2 atom stereocenters. The van der Waals surface area contributed by atoms with Crippen LogP contribution in [0.4, 0.5) is 0 Å². The summed E-state index contributed by atoms with van der Waals surface area (Å²) in [7, 11) is 0. The Morgan fingerprint density at radius 1 is 1.40 bits per heavy atom. The Morgan fingerprint density at radius 2 is 2.00 bits per heavy atom. The fourth-order valence-corrected chi connectivity index (χ4v) is 2.47. The van der Waals surface area contributed by atoms with E-state index in [-0.39, 0.29) is 5.25 Å². The van der Waals surface area contributed by atoms with Crippen LogP contribution in [0.15, 0.2) is 33.6 Å². The van der Waals surface area contributed by atoms with E-state index in [4.69, 9.17) is 5.26 Å². The molecule has 0 aliphatic rings. The van der Waals surface area contributed by atoms with Gasteiger partial charge in [-0.05, 0) is 30.2 Å². The van der Waals surface area contributed by atoms with E-state index < -0.39 is 0 Å². The lowest BCUT2D eigenvalue weighted by Crippen LogP contribution is -2.10. The summed E-state index contributed by atoms with van der Waals surface area (Å²) in [5, 5.41) is 9.12. The van der Waals surface area contributed by atoms with Crippen LogP contribution in [0.2, 0.25) is 0 Å². The molecule has 0 fully saturated rings. The topological polar surface area (TPSA) is 23.8 Å². The molecule has 0 bridgehead atoms. The van der Waals surface area contributed by atoms with E-state index in [1.54, 1.807) is 11.8 Å². The third kappa shape index (κ3) is 3.89. The number of benzene rings is 1. The van der Waals surface area contributed by atoms with Gasteiger partial charge in [0.25, 0.3) is 0 Å². The van der Waals surface area contributed by atoms with Gasteiger partial charge in [-0.25, -0.2) is 0 Å². The van der Waals surface area contributed by atoms with E-state index in [1.165, 1.54) is 0 Å². The lowest BCUT2D eigenvalue weighted by atomic mass is 10.1. The van der Waals surface area contributed by atoms with E-state index in [0.29, 0.717) is 5.92 Å². The van der Waals surface area contributed by atoms with E-state index in [2.05, 4.69) is 35.8 Å². The molecule has 0 saturated heterocycles. The van der Waals surface area contributed by atoms with Crippen molar-refractivity contribution < 1.29 is 0 Å².